The van der Waals surface area contributed by atoms with Gasteiger partial charge in [-0.2, -0.15) is 0 Å². The number of pyridine rings is 1. The van der Waals surface area contributed by atoms with Gasteiger partial charge >= 0.3 is 0 Å². The third kappa shape index (κ3) is 3.31. The van der Waals surface area contributed by atoms with Crippen molar-refractivity contribution in [3.05, 3.63) is 65.1 Å². The number of hydrogen-bond donors (Lipinski definition) is 0. The molecule has 0 aliphatic carbocycles. The number of benzene rings is 1. The van der Waals surface area contributed by atoms with Gasteiger partial charge in [-0.25, -0.2) is 0 Å². The van der Waals surface area contributed by atoms with Gasteiger partial charge in [-0.3, -0.25) is 9.78 Å². The molecule has 146 valence electrons. The second-order valence-electron chi connectivity index (χ2n) is 8.11. The molecule has 0 fully saturated rings. The van der Waals surface area contributed by atoms with Gasteiger partial charge in [-0.05, 0) is 49.4 Å². The molecule has 1 aliphatic heterocycles. The molecule has 0 radical (unpaired) electrons. The van der Waals surface area contributed by atoms with Crippen molar-refractivity contribution < 1.29 is 4.79 Å². The van der Waals surface area contributed by atoms with Crippen molar-refractivity contribution in [1.29, 1.82) is 0 Å². The fourth-order valence-electron chi connectivity index (χ4n) is 4.32. The largest absolute Gasteiger partial charge is 0.348 e. The van der Waals surface area contributed by atoms with E-state index in [0.717, 1.165) is 25.1 Å². The molecule has 2 aromatic heterocycles. The second-order valence-corrected chi connectivity index (χ2v) is 8.11. The second kappa shape index (κ2) is 7.40. The lowest BCUT2D eigenvalue weighted by atomic mass is 9.98. The maximum absolute atomic E-state index is 13.1. The standard InChI is InChI=1S/C23H28N4O/c1-16-5-6-21-18(13-16)20-14-26(4)12-9-22(20)27(21)15-19(23(28)25(2)3)17-7-10-24-11-8-17/h5-8,10-11,13,19H,9,12,14-15H2,1-4H3. The molecule has 1 unspecified atom stereocenters. The molecule has 0 saturated carbocycles. The van der Waals surface area contributed by atoms with E-state index in [1.165, 1.54) is 27.7 Å². The maximum atomic E-state index is 13.1. The molecule has 5 nitrogen and oxygen atoms in total. The molecule has 1 amide bonds. The summed E-state index contributed by atoms with van der Waals surface area (Å²) in [5.74, 6) is -0.0968. The molecule has 3 aromatic rings. The van der Waals surface area contributed by atoms with E-state index in [4.69, 9.17) is 0 Å². The molecular weight excluding hydrogens is 348 g/mol. The van der Waals surface area contributed by atoms with Crippen LogP contribution in [-0.4, -0.2) is 52.9 Å². The Labute approximate surface area is 166 Å². The number of likely N-dealkylation sites (N-methyl/N-ethyl adjacent to an activating group) is 2. The number of carbonyl (C=O) groups excluding carboxylic acids is 1. The predicted octanol–water partition coefficient (Wildman–Crippen LogP) is 3.20. The smallest absolute Gasteiger partial charge is 0.231 e. The molecule has 0 saturated heterocycles. The van der Waals surface area contributed by atoms with Crippen molar-refractivity contribution in [3.63, 3.8) is 0 Å². The Bertz CT molecular complexity index is 1010. The molecule has 5 heteroatoms. The van der Waals surface area contributed by atoms with E-state index >= 15 is 0 Å². The van der Waals surface area contributed by atoms with Gasteiger partial charge in [0, 0.05) is 69.1 Å². The van der Waals surface area contributed by atoms with E-state index in [1.807, 2.05) is 26.2 Å². The summed E-state index contributed by atoms with van der Waals surface area (Å²) in [5.41, 5.74) is 6.32. The van der Waals surface area contributed by atoms with Crippen LogP contribution in [0.25, 0.3) is 10.9 Å². The Balaban J connectivity index is 1.85. The highest BCUT2D eigenvalue weighted by atomic mass is 16.2. The van der Waals surface area contributed by atoms with Gasteiger partial charge in [0.15, 0.2) is 0 Å². The molecule has 1 aliphatic rings. The van der Waals surface area contributed by atoms with E-state index < -0.39 is 0 Å². The molecule has 1 atom stereocenters. The molecule has 0 N–H and O–H groups in total. The van der Waals surface area contributed by atoms with Crippen LogP contribution in [0.4, 0.5) is 0 Å². The van der Waals surface area contributed by atoms with Gasteiger partial charge in [0.1, 0.15) is 0 Å². The highest BCUT2D eigenvalue weighted by molar-refractivity contribution is 5.88. The first-order valence-corrected chi connectivity index (χ1v) is 9.86. The average Bonchev–Trinajstić information content (AvgIpc) is 2.98. The van der Waals surface area contributed by atoms with Crippen LogP contribution in [0.5, 0.6) is 0 Å². The van der Waals surface area contributed by atoms with Crippen LogP contribution in [0.1, 0.15) is 28.3 Å². The minimum Gasteiger partial charge on any atom is -0.348 e. The third-order valence-electron chi connectivity index (χ3n) is 5.81. The lowest BCUT2D eigenvalue weighted by Crippen LogP contribution is -2.32. The zero-order valence-electron chi connectivity index (χ0n) is 17.1. The van der Waals surface area contributed by atoms with Crippen LogP contribution in [0, 0.1) is 6.92 Å². The highest BCUT2D eigenvalue weighted by Gasteiger charge is 2.28. The lowest BCUT2D eigenvalue weighted by Gasteiger charge is -2.26. The minimum atomic E-state index is -0.223. The number of amides is 1. The van der Waals surface area contributed by atoms with Crippen LogP contribution in [0.15, 0.2) is 42.7 Å². The number of carbonyl (C=O) groups is 1. The molecule has 0 bridgehead atoms. The van der Waals surface area contributed by atoms with Gasteiger partial charge < -0.3 is 14.4 Å². The quantitative estimate of drug-likeness (QED) is 0.702. The number of nitrogens with zero attached hydrogens (tertiary/aromatic N) is 4. The fourth-order valence-corrected chi connectivity index (χ4v) is 4.32. The minimum absolute atomic E-state index is 0.127. The average molecular weight is 377 g/mol. The van der Waals surface area contributed by atoms with Crippen LogP contribution in [-0.2, 0) is 24.3 Å². The number of fused-ring (bicyclic) bond motifs is 3. The van der Waals surface area contributed by atoms with Crippen LogP contribution < -0.4 is 0 Å². The van der Waals surface area contributed by atoms with E-state index in [2.05, 4.69) is 46.6 Å². The van der Waals surface area contributed by atoms with Gasteiger partial charge in [-0.15, -0.1) is 0 Å². The Morgan fingerprint density at radius 1 is 1.21 bits per heavy atom. The van der Waals surface area contributed by atoms with Gasteiger partial charge in [0.25, 0.3) is 0 Å². The van der Waals surface area contributed by atoms with Crippen molar-refractivity contribution in [3.8, 4) is 0 Å². The lowest BCUT2D eigenvalue weighted by molar-refractivity contribution is -0.130. The third-order valence-corrected chi connectivity index (χ3v) is 5.81. The summed E-state index contributed by atoms with van der Waals surface area (Å²) in [4.78, 5) is 21.3. The van der Waals surface area contributed by atoms with Crippen LogP contribution in [0.3, 0.4) is 0 Å². The van der Waals surface area contributed by atoms with E-state index in [1.54, 1.807) is 17.3 Å². The van der Waals surface area contributed by atoms with Crippen LogP contribution >= 0.6 is 0 Å². The SMILES string of the molecule is Cc1ccc2c(c1)c1c(n2CC(C(=O)N(C)C)c2ccncc2)CCN(C)C1. The summed E-state index contributed by atoms with van der Waals surface area (Å²) >= 11 is 0. The van der Waals surface area contributed by atoms with Crippen LogP contribution in [0.2, 0.25) is 0 Å². The molecule has 1 aromatic carbocycles. The summed E-state index contributed by atoms with van der Waals surface area (Å²) < 4.78 is 2.39. The first-order valence-electron chi connectivity index (χ1n) is 9.86. The number of aromatic nitrogens is 2. The van der Waals surface area contributed by atoms with E-state index in [0.29, 0.717) is 6.54 Å². The van der Waals surface area contributed by atoms with Gasteiger partial charge in [-0.1, -0.05) is 11.6 Å². The molecule has 28 heavy (non-hydrogen) atoms. The molecule has 4 rings (SSSR count). The zero-order chi connectivity index (χ0) is 19.8. The normalized spacial score (nSPS) is 15.4. The van der Waals surface area contributed by atoms with Gasteiger partial charge in [0.2, 0.25) is 5.91 Å². The molecule has 3 heterocycles. The van der Waals surface area contributed by atoms with Crippen molar-refractivity contribution in [1.82, 2.24) is 19.4 Å². The maximum Gasteiger partial charge on any atom is 0.231 e. The highest BCUT2D eigenvalue weighted by Crippen LogP contribution is 2.33. The first kappa shape index (κ1) is 18.7. The fraction of sp³-hybridized carbons (Fsp3) is 0.391. The van der Waals surface area contributed by atoms with Crippen molar-refractivity contribution >= 4 is 16.8 Å². The summed E-state index contributed by atoms with van der Waals surface area (Å²) in [6.45, 7) is 4.80. The van der Waals surface area contributed by atoms with Crippen molar-refractivity contribution in [2.24, 2.45) is 0 Å². The number of hydrogen-bond acceptors (Lipinski definition) is 3. The summed E-state index contributed by atoms with van der Waals surface area (Å²) in [6, 6.07) is 10.6. The monoisotopic (exact) mass is 376 g/mol. The molecular formula is C23H28N4O. The Morgan fingerprint density at radius 3 is 2.68 bits per heavy atom. The summed E-state index contributed by atoms with van der Waals surface area (Å²) in [5, 5.41) is 1.33. The summed E-state index contributed by atoms with van der Waals surface area (Å²) in [6.07, 6.45) is 4.55. The number of aryl methyl sites for hydroxylation is 1. The topological polar surface area (TPSA) is 41.4 Å². The van der Waals surface area contributed by atoms with Gasteiger partial charge in [0.05, 0.1) is 5.92 Å². The Kier molecular flexibility index (Phi) is 4.94. The summed E-state index contributed by atoms with van der Waals surface area (Å²) in [7, 11) is 5.84. The van der Waals surface area contributed by atoms with E-state index in [9.17, 15) is 4.79 Å². The Morgan fingerprint density at radius 2 is 1.96 bits per heavy atom. The first-order chi connectivity index (χ1) is 13.5. The molecule has 0 spiro atoms. The number of rotatable bonds is 4. The predicted molar refractivity (Wildman–Crippen MR) is 112 cm³/mol. The zero-order valence-corrected chi connectivity index (χ0v) is 17.1. The van der Waals surface area contributed by atoms with Crippen molar-refractivity contribution in [2.75, 3.05) is 27.7 Å². The Hall–Kier alpha value is -2.66. The van der Waals surface area contributed by atoms with Crippen molar-refractivity contribution in [2.45, 2.75) is 32.4 Å². The van der Waals surface area contributed by atoms with E-state index in [-0.39, 0.29) is 11.8 Å².